The van der Waals surface area contributed by atoms with Gasteiger partial charge in [0.25, 0.3) is 0 Å². The van der Waals surface area contributed by atoms with Crippen molar-refractivity contribution < 1.29 is 18.7 Å². The summed E-state index contributed by atoms with van der Waals surface area (Å²) in [6, 6.07) is 4.34. The Balaban J connectivity index is 1.47. The molecule has 0 aliphatic carbocycles. The molecule has 0 spiro atoms. The quantitative estimate of drug-likeness (QED) is 0.418. The van der Waals surface area contributed by atoms with Crippen molar-refractivity contribution in [1.82, 2.24) is 4.90 Å². The molecule has 2 aliphatic heterocycles. The lowest BCUT2D eigenvalue weighted by molar-refractivity contribution is -0.129. The monoisotopic (exact) mass is 437 g/mol. The predicted octanol–water partition coefficient (Wildman–Crippen LogP) is 5.24. The maximum absolute atomic E-state index is 12.9. The van der Waals surface area contributed by atoms with Gasteiger partial charge in [-0.05, 0) is 48.3 Å². The van der Waals surface area contributed by atoms with Crippen LogP contribution < -0.4 is 9.47 Å². The molecular formula is C24H36FNO3S. The Hall–Kier alpha value is -1.27. The van der Waals surface area contributed by atoms with Gasteiger partial charge < -0.3 is 9.47 Å². The van der Waals surface area contributed by atoms with Crippen molar-refractivity contribution in [2.45, 2.75) is 57.4 Å². The Morgan fingerprint density at radius 2 is 1.80 bits per heavy atom. The number of methoxy groups -OCH3 is 2. The van der Waals surface area contributed by atoms with Crippen LogP contribution in [-0.2, 0) is 11.2 Å². The summed E-state index contributed by atoms with van der Waals surface area (Å²) in [4.78, 5) is 15.4. The van der Waals surface area contributed by atoms with Crippen LogP contribution in [0.2, 0.25) is 0 Å². The molecular weight excluding hydrogens is 401 g/mol. The van der Waals surface area contributed by atoms with E-state index >= 15 is 0 Å². The summed E-state index contributed by atoms with van der Waals surface area (Å²) in [6.45, 7) is 1.68. The first-order valence-electron chi connectivity index (χ1n) is 11.3. The summed E-state index contributed by atoms with van der Waals surface area (Å²) in [7, 11) is 3.33. The van der Waals surface area contributed by atoms with Crippen LogP contribution in [0, 0.1) is 5.92 Å². The molecule has 4 nitrogen and oxygen atoms in total. The molecule has 1 aromatic rings. The van der Waals surface area contributed by atoms with Crippen LogP contribution in [0.4, 0.5) is 4.39 Å². The number of unbranched alkanes of at least 4 members (excludes halogenated alkanes) is 4. The zero-order valence-electron chi connectivity index (χ0n) is 18.5. The number of piperidine rings is 1. The SMILES string of the molecule is COc1cc2c(cc1OC)[C@H]1CC(=O)[C@H](CCCCCCCSCCF)CN1CC2. The van der Waals surface area contributed by atoms with Gasteiger partial charge in [-0.1, -0.05) is 25.7 Å². The van der Waals surface area contributed by atoms with Crippen molar-refractivity contribution in [2.24, 2.45) is 5.92 Å². The number of fused-ring (bicyclic) bond motifs is 3. The highest BCUT2D eigenvalue weighted by Gasteiger charge is 2.38. The molecule has 0 radical (unpaired) electrons. The molecule has 3 rings (SSSR count). The first kappa shape index (κ1) is 23.4. The average molecular weight is 438 g/mol. The lowest BCUT2D eigenvalue weighted by atomic mass is 9.81. The van der Waals surface area contributed by atoms with E-state index in [-0.39, 0.29) is 18.6 Å². The van der Waals surface area contributed by atoms with Crippen LogP contribution >= 0.6 is 11.8 Å². The number of ketones is 1. The second-order valence-electron chi connectivity index (χ2n) is 8.39. The molecule has 2 heterocycles. The number of ether oxygens (including phenoxy) is 2. The molecule has 168 valence electrons. The molecule has 2 atom stereocenters. The number of carbonyl (C=O) groups excluding carboxylic acids is 1. The van der Waals surface area contributed by atoms with E-state index in [9.17, 15) is 9.18 Å². The van der Waals surface area contributed by atoms with Crippen molar-refractivity contribution in [3.63, 3.8) is 0 Å². The van der Waals surface area contributed by atoms with Gasteiger partial charge in [0.2, 0.25) is 0 Å². The number of carbonyl (C=O) groups is 1. The number of Topliss-reactive ketones (excluding diaryl/α,β-unsaturated/α-hetero) is 1. The van der Waals surface area contributed by atoms with Gasteiger partial charge in [0.05, 0.1) is 20.9 Å². The second kappa shape index (κ2) is 11.9. The van der Waals surface area contributed by atoms with E-state index in [2.05, 4.69) is 17.0 Å². The Morgan fingerprint density at radius 1 is 1.07 bits per heavy atom. The lowest BCUT2D eigenvalue weighted by Gasteiger charge is -2.43. The molecule has 1 fully saturated rings. The van der Waals surface area contributed by atoms with E-state index < -0.39 is 0 Å². The number of rotatable bonds is 12. The van der Waals surface area contributed by atoms with Crippen LogP contribution in [-0.4, -0.2) is 56.2 Å². The third-order valence-electron chi connectivity index (χ3n) is 6.48. The van der Waals surface area contributed by atoms with E-state index in [0.29, 0.717) is 18.0 Å². The van der Waals surface area contributed by atoms with Gasteiger partial charge in [-0.2, -0.15) is 11.8 Å². The van der Waals surface area contributed by atoms with E-state index in [1.54, 1.807) is 26.0 Å². The zero-order valence-corrected chi connectivity index (χ0v) is 19.3. The molecule has 2 aliphatic rings. The Bertz CT molecular complexity index is 699. The van der Waals surface area contributed by atoms with Crippen LogP contribution in [0.1, 0.15) is 62.1 Å². The third-order valence-corrected chi connectivity index (χ3v) is 7.50. The molecule has 0 saturated carbocycles. The van der Waals surface area contributed by atoms with Crippen LogP contribution in [0.25, 0.3) is 0 Å². The summed E-state index contributed by atoms with van der Waals surface area (Å²) in [5, 5.41) is 0. The highest BCUT2D eigenvalue weighted by Crippen LogP contribution is 2.42. The average Bonchev–Trinajstić information content (AvgIpc) is 2.77. The van der Waals surface area contributed by atoms with Gasteiger partial charge >= 0.3 is 0 Å². The maximum atomic E-state index is 12.9. The standard InChI is InChI=1S/C24H36FNO3S/c1-28-23-14-18-9-11-26-17-19(8-6-4-3-5-7-12-30-13-10-25)22(27)16-21(26)20(18)15-24(23)29-2/h14-15,19,21H,3-13,16-17H2,1-2H3/t19-,21-/m1/s1. The Morgan fingerprint density at radius 3 is 2.57 bits per heavy atom. The Kier molecular flexibility index (Phi) is 9.31. The van der Waals surface area contributed by atoms with Gasteiger partial charge in [-0.3, -0.25) is 14.1 Å². The van der Waals surface area contributed by atoms with Crippen LogP contribution in [0.3, 0.4) is 0 Å². The number of alkyl halides is 1. The van der Waals surface area contributed by atoms with E-state index in [4.69, 9.17) is 9.47 Å². The minimum atomic E-state index is -0.217. The van der Waals surface area contributed by atoms with E-state index in [1.165, 1.54) is 36.8 Å². The van der Waals surface area contributed by atoms with Crippen molar-refractivity contribution in [3.8, 4) is 11.5 Å². The summed E-state index contributed by atoms with van der Waals surface area (Å²) >= 11 is 1.71. The third kappa shape index (κ3) is 5.91. The fourth-order valence-electron chi connectivity index (χ4n) is 4.81. The summed E-state index contributed by atoms with van der Waals surface area (Å²) < 4.78 is 23.0. The van der Waals surface area contributed by atoms with Gasteiger partial charge in [-0.25, -0.2) is 0 Å². The Labute approximate surface area is 184 Å². The number of thioether (sulfide) groups is 1. The highest BCUT2D eigenvalue weighted by atomic mass is 32.2. The fourth-order valence-corrected chi connectivity index (χ4v) is 5.54. The van der Waals surface area contributed by atoms with Gasteiger partial charge in [0.1, 0.15) is 5.78 Å². The minimum absolute atomic E-state index is 0.180. The molecule has 30 heavy (non-hydrogen) atoms. The van der Waals surface area contributed by atoms with Crippen molar-refractivity contribution >= 4 is 17.5 Å². The number of halogens is 1. The van der Waals surface area contributed by atoms with Crippen LogP contribution in [0.15, 0.2) is 12.1 Å². The maximum Gasteiger partial charge on any atom is 0.161 e. The lowest BCUT2D eigenvalue weighted by Crippen LogP contribution is -2.46. The van der Waals surface area contributed by atoms with Gasteiger partial charge in [-0.15, -0.1) is 0 Å². The smallest absolute Gasteiger partial charge is 0.161 e. The fraction of sp³-hybridized carbons (Fsp3) is 0.708. The molecule has 1 saturated heterocycles. The minimum Gasteiger partial charge on any atom is -0.493 e. The first-order chi connectivity index (χ1) is 14.7. The molecule has 0 bridgehead atoms. The van der Waals surface area contributed by atoms with Crippen molar-refractivity contribution in [3.05, 3.63) is 23.3 Å². The van der Waals surface area contributed by atoms with Crippen molar-refractivity contribution in [1.29, 1.82) is 0 Å². The summed E-state index contributed by atoms with van der Waals surface area (Å²) in [6.07, 6.45) is 8.56. The molecule has 0 aromatic heterocycles. The van der Waals surface area contributed by atoms with Crippen molar-refractivity contribution in [2.75, 3.05) is 45.5 Å². The molecule has 0 amide bonds. The van der Waals surface area contributed by atoms with E-state index in [0.717, 1.165) is 49.6 Å². The second-order valence-corrected chi connectivity index (χ2v) is 9.62. The normalized spacial score (nSPS) is 21.2. The zero-order chi connectivity index (χ0) is 21.3. The number of nitrogens with zero attached hydrogens (tertiary/aromatic N) is 1. The molecule has 1 aromatic carbocycles. The summed E-state index contributed by atoms with van der Waals surface area (Å²) in [5.41, 5.74) is 2.51. The molecule has 0 N–H and O–H groups in total. The van der Waals surface area contributed by atoms with Gasteiger partial charge in [0.15, 0.2) is 11.5 Å². The summed E-state index contributed by atoms with van der Waals surface area (Å²) in [5.74, 6) is 3.82. The number of hydrogen-bond donors (Lipinski definition) is 0. The number of hydrogen-bond acceptors (Lipinski definition) is 5. The highest BCUT2D eigenvalue weighted by molar-refractivity contribution is 7.99. The van der Waals surface area contributed by atoms with Crippen LogP contribution in [0.5, 0.6) is 11.5 Å². The van der Waals surface area contributed by atoms with E-state index in [1.807, 2.05) is 0 Å². The predicted molar refractivity (Wildman–Crippen MR) is 122 cm³/mol. The molecule has 0 unspecified atom stereocenters. The molecule has 6 heteroatoms. The number of benzene rings is 1. The first-order valence-corrected chi connectivity index (χ1v) is 12.5. The van der Waals surface area contributed by atoms with Gasteiger partial charge in [0, 0.05) is 37.2 Å². The topological polar surface area (TPSA) is 38.8 Å². The largest absolute Gasteiger partial charge is 0.493 e.